The molecule has 2 fully saturated rings. The first-order valence-electron chi connectivity index (χ1n) is 9.19. The molecule has 3 heteroatoms. The molecule has 1 heterocycles. The molecule has 4 atom stereocenters. The van der Waals surface area contributed by atoms with Crippen LogP contribution in [-0.4, -0.2) is 62.7 Å². The van der Waals surface area contributed by atoms with E-state index in [-0.39, 0.29) is 0 Å². The van der Waals surface area contributed by atoms with Gasteiger partial charge in [-0.3, -0.25) is 0 Å². The van der Waals surface area contributed by atoms with Crippen molar-refractivity contribution in [2.75, 3.05) is 46.8 Å². The Morgan fingerprint density at radius 1 is 1.19 bits per heavy atom. The summed E-state index contributed by atoms with van der Waals surface area (Å²) >= 11 is 0. The van der Waals surface area contributed by atoms with Crippen LogP contribution in [0.25, 0.3) is 0 Å². The topological polar surface area (TPSA) is 18.5 Å². The average Bonchev–Trinajstić information content (AvgIpc) is 2.83. The minimum atomic E-state index is 0.759. The van der Waals surface area contributed by atoms with Crippen LogP contribution in [0.15, 0.2) is 0 Å². The van der Waals surface area contributed by atoms with Crippen LogP contribution in [0.3, 0.4) is 0 Å². The van der Waals surface area contributed by atoms with Crippen molar-refractivity contribution in [3.63, 3.8) is 0 Å². The lowest BCUT2D eigenvalue weighted by atomic mass is 9.78. The van der Waals surface area contributed by atoms with Gasteiger partial charge in [-0.15, -0.1) is 0 Å². The Balaban J connectivity index is 1.79. The van der Waals surface area contributed by atoms with Crippen molar-refractivity contribution in [2.24, 2.45) is 17.8 Å². The van der Waals surface area contributed by atoms with Gasteiger partial charge >= 0.3 is 0 Å². The molecule has 0 aromatic rings. The van der Waals surface area contributed by atoms with Gasteiger partial charge in [0.25, 0.3) is 0 Å². The molecule has 2 rings (SSSR count). The molecular formula is C18H37N3. The van der Waals surface area contributed by atoms with Crippen LogP contribution in [0.1, 0.15) is 46.0 Å². The molecule has 21 heavy (non-hydrogen) atoms. The zero-order valence-corrected chi connectivity index (χ0v) is 14.8. The van der Waals surface area contributed by atoms with Gasteiger partial charge in [0.05, 0.1) is 0 Å². The predicted octanol–water partition coefficient (Wildman–Crippen LogP) is 2.67. The molecule has 0 amide bonds. The van der Waals surface area contributed by atoms with E-state index in [1.54, 1.807) is 0 Å². The molecular weight excluding hydrogens is 258 g/mol. The van der Waals surface area contributed by atoms with Crippen LogP contribution in [0.5, 0.6) is 0 Å². The zero-order chi connectivity index (χ0) is 15.2. The number of nitrogens with zero attached hydrogens (tertiary/aromatic N) is 2. The van der Waals surface area contributed by atoms with Crippen LogP contribution >= 0.6 is 0 Å². The minimum absolute atomic E-state index is 0.759. The lowest BCUT2D eigenvalue weighted by molar-refractivity contribution is 0.150. The van der Waals surface area contributed by atoms with Gasteiger partial charge in [0.2, 0.25) is 0 Å². The van der Waals surface area contributed by atoms with Gasteiger partial charge in [-0.25, -0.2) is 0 Å². The third kappa shape index (κ3) is 5.54. The van der Waals surface area contributed by atoms with E-state index in [1.165, 1.54) is 64.8 Å². The summed E-state index contributed by atoms with van der Waals surface area (Å²) in [4.78, 5) is 5.10. The predicted molar refractivity (Wildman–Crippen MR) is 91.7 cm³/mol. The normalized spacial score (nSPS) is 34.7. The molecule has 0 radical (unpaired) electrons. The maximum Gasteiger partial charge on any atom is 0.0108 e. The maximum absolute atomic E-state index is 3.81. The Morgan fingerprint density at radius 2 is 2.00 bits per heavy atom. The fourth-order valence-electron chi connectivity index (χ4n) is 4.39. The van der Waals surface area contributed by atoms with Crippen LogP contribution in [0, 0.1) is 17.8 Å². The van der Waals surface area contributed by atoms with Crippen molar-refractivity contribution in [1.82, 2.24) is 15.1 Å². The van der Waals surface area contributed by atoms with Crippen LogP contribution in [-0.2, 0) is 0 Å². The summed E-state index contributed by atoms with van der Waals surface area (Å²) in [7, 11) is 4.60. The molecule has 0 aromatic carbocycles. The van der Waals surface area contributed by atoms with Crippen molar-refractivity contribution in [3.8, 4) is 0 Å². The molecule has 1 N–H and O–H groups in total. The standard InChI is InChI=1S/C18H37N3/c1-5-9-19-18-7-6-15(2)11-17(18)14-21(4)13-16-8-10-20(3)12-16/h15-19H,5-14H2,1-4H3. The summed E-state index contributed by atoms with van der Waals surface area (Å²) in [6.45, 7) is 11.1. The van der Waals surface area contributed by atoms with Crippen molar-refractivity contribution >= 4 is 0 Å². The lowest BCUT2D eigenvalue weighted by Gasteiger charge is -2.38. The summed E-state index contributed by atoms with van der Waals surface area (Å²) in [5.41, 5.74) is 0. The SMILES string of the molecule is CCCNC1CCC(C)CC1CN(C)CC1CCN(C)C1. The summed E-state index contributed by atoms with van der Waals surface area (Å²) in [5, 5.41) is 3.81. The van der Waals surface area contributed by atoms with Gasteiger partial charge in [-0.1, -0.05) is 13.8 Å². The molecule has 1 aliphatic carbocycles. The molecule has 1 saturated heterocycles. The Hall–Kier alpha value is -0.120. The van der Waals surface area contributed by atoms with E-state index in [0.29, 0.717) is 0 Å². The van der Waals surface area contributed by atoms with Crippen LogP contribution in [0.2, 0.25) is 0 Å². The van der Waals surface area contributed by atoms with E-state index in [1.807, 2.05) is 0 Å². The van der Waals surface area contributed by atoms with Crippen molar-refractivity contribution in [3.05, 3.63) is 0 Å². The van der Waals surface area contributed by atoms with Crippen molar-refractivity contribution in [1.29, 1.82) is 0 Å². The lowest BCUT2D eigenvalue weighted by Crippen LogP contribution is -2.45. The zero-order valence-electron chi connectivity index (χ0n) is 14.8. The van der Waals surface area contributed by atoms with Crippen molar-refractivity contribution < 1.29 is 0 Å². The average molecular weight is 296 g/mol. The second kappa shape index (κ2) is 8.50. The quantitative estimate of drug-likeness (QED) is 0.779. The van der Waals surface area contributed by atoms with E-state index in [0.717, 1.165) is 23.8 Å². The first-order chi connectivity index (χ1) is 10.1. The van der Waals surface area contributed by atoms with Gasteiger partial charge in [-0.05, 0) is 77.0 Å². The molecule has 1 saturated carbocycles. The monoisotopic (exact) mass is 295 g/mol. The summed E-state index contributed by atoms with van der Waals surface area (Å²) in [6.07, 6.45) is 6.85. The second-order valence-electron chi connectivity index (χ2n) is 7.88. The first-order valence-corrected chi connectivity index (χ1v) is 9.19. The Labute approximate surface area is 132 Å². The smallest absolute Gasteiger partial charge is 0.0108 e. The second-order valence-corrected chi connectivity index (χ2v) is 7.88. The van der Waals surface area contributed by atoms with E-state index in [9.17, 15) is 0 Å². The summed E-state index contributed by atoms with van der Waals surface area (Å²) < 4.78 is 0. The van der Waals surface area contributed by atoms with Gasteiger partial charge in [0.15, 0.2) is 0 Å². The fraction of sp³-hybridized carbons (Fsp3) is 1.00. The van der Waals surface area contributed by atoms with Gasteiger partial charge < -0.3 is 15.1 Å². The van der Waals surface area contributed by atoms with Gasteiger partial charge in [0, 0.05) is 25.7 Å². The van der Waals surface area contributed by atoms with E-state index >= 15 is 0 Å². The van der Waals surface area contributed by atoms with E-state index in [2.05, 4.69) is 43.1 Å². The molecule has 1 aliphatic heterocycles. The van der Waals surface area contributed by atoms with Crippen molar-refractivity contribution in [2.45, 2.75) is 52.0 Å². The summed E-state index contributed by atoms with van der Waals surface area (Å²) in [5.74, 6) is 2.66. The maximum atomic E-state index is 3.81. The highest BCUT2D eigenvalue weighted by Gasteiger charge is 2.30. The summed E-state index contributed by atoms with van der Waals surface area (Å²) in [6, 6.07) is 0.759. The highest BCUT2D eigenvalue weighted by atomic mass is 15.2. The minimum Gasteiger partial charge on any atom is -0.314 e. The molecule has 0 bridgehead atoms. The number of nitrogens with one attached hydrogen (secondary N) is 1. The molecule has 0 aromatic heterocycles. The number of likely N-dealkylation sites (tertiary alicyclic amines) is 1. The van der Waals surface area contributed by atoms with Crippen LogP contribution < -0.4 is 5.32 Å². The Bertz CT molecular complexity index is 292. The molecule has 2 aliphatic rings. The molecule has 3 nitrogen and oxygen atoms in total. The highest BCUT2D eigenvalue weighted by Crippen LogP contribution is 2.30. The third-order valence-electron chi connectivity index (χ3n) is 5.51. The number of rotatable bonds is 7. The van der Waals surface area contributed by atoms with Gasteiger partial charge in [-0.2, -0.15) is 0 Å². The molecule has 0 spiro atoms. The largest absolute Gasteiger partial charge is 0.314 e. The van der Waals surface area contributed by atoms with Gasteiger partial charge in [0.1, 0.15) is 0 Å². The highest BCUT2D eigenvalue weighted by molar-refractivity contribution is 4.86. The Morgan fingerprint density at radius 3 is 2.67 bits per heavy atom. The molecule has 124 valence electrons. The van der Waals surface area contributed by atoms with Crippen LogP contribution in [0.4, 0.5) is 0 Å². The number of hydrogen-bond donors (Lipinski definition) is 1. The van der Waals surface area contributed by atoms with E-state index < -0.39 is 0 Å². The van der Waals surface area contributed by atoms with E-state index in [4.69, 9.17) is 0 Å². The third-order valence-corrected chi connectivity index (χ3v) is 5.51. The fourth-order valence-corrected chi connectivity index (χ4v) is 4.39. The molecule has 4 unspecified atom stereocenters. The Kier molecular flexibility index (Phi) is 6.97. The number of hydrogen-bond acceptors (Lipinski definition) is 3. The first kappa shape index (κ1) is 17.2.